The number of amides is 4. The summed E-state index contributed by atoms with van der Waals surface area (Å²) in [6, 6.07) is 13.8. The van der Waals surface area contributed by atoms with Gasteiger partial charge < -0.3 is 39.9 Å². The molecule has 0 spiro atoms. The SMILES string of the molecule is C#CC12CC(c3ncc(-c4ccc(-c5ccc(-c6cnc(C7CC8(C#C)CC8N7C(=O)C(NC(=O)OC)C(C)C)[nH]6)cc5)cc4)[nH]3)N(C(=O)C(NC(=O)OC)C(C)C)C1C2. The van der Waals surface area contributed by atoms with Crippen molar-refractivity contribution in [2.24, 2.45) is 22.7 Å². The fourth-order valence-electron chi connectivity index (χ4n) is 9.27. The van der Waals surface area contributed by atoms with Gasteiger partial charge in [0.05, 0.1) is 73.0 Å². The maximum Gasteiger partial charge on any atom is 0.407 e. The van der Waals surface area contributed by atoms with Gasteiger partial charge in [-0.15, -0.1) is 12.8 Å². The Morgan fingerprint density at radius 1 is 0.650 bits per heavy atom. The van der Waals surface area contributed by atoms with E-state index in [-0.39, 0.29) is 47.8 Å². The first-order valence-electron chi connectivity index (χ1n) is 20.4. The second-order valence-corrected chi connectivity index (χ2v) is 17.2. The summed E-state index contributed by atoms with van der Waals surface area (Å²) < 4.78 is 9.60. The van der Waals surface area contributed by atoms with Crippen LogP contribution in [0, 0.1) is 47.4 Å². The number of hydrogen-bond acceptors (Lipinski definition) is 8. The molecule has 0 radical (unpaired) electrons. The number of aromatic nitrogens is 4. The number of carbonyl (C=O) groups excluding carboxylic acids is 4. The topological polar surface area (TPSA) is 175 Å². The first kappa shape index (κ1) is 40.2. The third kappa shape index (κ3) is 6.93. The fraction of sp³-hybridized carbons (Fsp3) is 0.435. The molecule has 4 aromatic rings. The van der Waals surface area contributed by atoms with E-state index in [2.05, 4.69) is 56.7 Å². The van der Waals surface area contributed by atoms with E-state index in [1.165, 1.54) is 14.2 Å². The normalized spacial score (nSPS) is 25.7. The largest absolute Gasteiger partial charge is 0.453 e. The van der Waals surface area contributed by atoms with Gasteiger partial charge in [-0.05, 0) is 59.8 Å². The highest BCUT2D eigenvalue weighted by atomic mass is 16.5. The number of terminal acetylenes is 2. The van der Waals surface area contributed by atoms with Gasteiger partial charge in [-0.1, -0.05) is 88.1 Å². The molecule has 8 unspecified atom stereocenters. The second-order valence-electron chi connectivity index (χ2n) is 17.2. The average Bonchev–Trinajstić information content (AvgIpc) is 3.73. The molecule has 4 aliphatic rings. The number of alkyl carbamates (subject to hydrolysis) is 2. The fourth-order valence-corrected chi connectivity index (χ4v) is 9.27. The van der Waals surface area contributed by atoms with Crippen molar-refractivity contribution in [1.82, 2.24) is 40.4 Å². The second kappa shape index (κ2) is 15.2. The van der Waals surface area contributed by atoms with Crippen molar-refractivity contribution in [3.8, 4) is 58.3 Å². The average molecular weight is 811 g/mol. The number of imidazole rings is 2. The summed E-state index contributed by atoms with van der Waals surface area (Å²) in [7, 11) is 2.55. The van der Waals surface area contributed by atoms with E-state index in [1.54, 1.807) is 12.4 Å². The number of H-pyrrole nitrogens is 2. The van der Waals surface area contributed by atoms with Crippen molar-refractivity contribution in [3.05, 3.63) is 72.6 Å². The third-order valence-electron chi connectivity index (χ3n) is 12.9. The van der Waals surface area contributed by atoms with Crippen molar-refractivity contribution >= 4 is 24.0 Å². The van der Waals surface area contributed by atoms with Crippen LogP contribution in [0.25, 0.3) is 33.6 Å². The number of aromatic amines is 2. The molecule has 4 amide bonds. The quantitative estimate of drug-likeness (QED) is 0.129. The van der Waals surface area contributed by atoms with E-state index < -0.39 is 35.1 Å². The minimum absolute atomic E-state index is 0.115. The van der Waals surface area contributed by atoms with Crippen molar-refractivity contribution in [2.75, 3.05) is 14.2 Å². The summed E-state index contributed by atoms with van der Waals surface area (Å²) in [6.45, 7) is 7.54. The first-order valence-corrected chi connectivity index (χ1v) is 20.4. The molecule has 2 aromatic heterocycles. The van der Waals surface area contributed by atoms with Gasteiger partial charge in [0.2, 0.25) is 11.8 Å². The highest BCUT2D eigenvalue weighted by Crippen LogP contribution is 2.64. The molecule has 4 N–H and O–H groups in total. The Kier molecular flexibility index (Phi) is 10.2. The molecule has 60 heavy (non-hydrogen) atoms. The van der Waals surface area contributed by atoms with Crippen LogP contribution in [0.2, 0.25) is 0 Å². The molecule has 14 nitrogen and oxygen atoms in total. The van der Waals surface area contributed by atoms with Crippen molar-refractivity contribution in [3.63, 3.8) is 0 Å². The predicted octanol–water partition coefficient (Wildman–Crippen LogP) is 6.23. The number of rotatable bonds is 11. The van der Waals surface area contributed by atoms with E-state index in [9.17, 15) is 19.2 Å². The number of nitrogens with one attached hydrogen (secondary N) is 4. The summed E-state index contributed by atoms with van der Waals surface area (Å²) in [5.41, 5.74) is 4.74. The summed E-state index contributed by atoms with van der Waals surface area (Å²) in [5, 5.41) is 5.42. The molecule has 8 atom stereocenters. The van der Waals surface area contributed by atoms with Gasteiger partial charge in [-0.2, -0.15) is 0 Å². The van der Waals surface area contributed by atoms with Crippen LogP contribution in [-0.4, -0.2) is 92.1 Å². The number of fused-ring (bicyclic) bond motifs is 2. The van der Waals surface area contributed by atoms with Gasteiger partial charge >= 0.3 is 12.2 Å². The van der Waals surface area contributed by atoms with E-state index in [4.69, 9.17) is 32.3 Å². The van der Waals surface area contributed by atoms with Gasteiger partial charge in [0.1, 0.15) is 23.7 Å². The van der Waals surface area contributed by atoms with Crippen LogP contribution in [-0.2, 0) is 19.1 Å². The van der Waals surface area contributed by atoms with Crippen LogP contribution in [0.1, 0.15) is 77.1 Å². The Hall–Kier alpha value is -6.54. The van der Waals surface area contributed by atoms with Crippen LogP contribution >= 0.6 is 0 Å². The van der Waals surface area contributed by atoms with E-state index in [0.29, 0.717) is 24.5 Å². The van der Waals surface area contributed by atoms with Gasteiger partial charge in [-0.25, -0.2) is 19.6 Å². The maximum absolute atomic E-state index is 14.0. The Bertz CT molecular complexity index is 2240. The van der Waals surface area contributed by atoms with Crippen molar-refractivity contribution < 1.29 is 28.7 Å². The van der Waals surface area contributed by atoms with Gasteiger partial charge in [0.15, 0.2) is 0 Å². The van der Waals surface area contributed by atoms with Crippen molar-refractivity contribution in [2.45, 2.75) is 89.6 Å². The number of carbonyl (C=O) groups is 4. The number of ether oxygens (including phenoxy) is 2. The van der Waals surface area contributed by atoms with E-state index in [0.717, 1.165) is 46.5 Å². The molecular formula is C46H50N8O6. The number of piperidine rings is 2. The molecule has 310 valence electrons. The highest BCUT2D eigenvalue weighted by Gasteiger charge is 2.67. The summed E-state index contributed by atoms with van der Waals surface area (Å²) >= 11 is 0. The zero-order valence-corrected chi connectivity index (χ0v) is 34.6. The third-order valence-corrected chi connectivity index (χ3v) is 12.9. The number of nitrogens with zero attached hydrogens (tertiary/aromatic N) is 4. The van der Waals surface area contributed by atoms with E-state index in [1.807, 2.05) is 61.8 Å². The van der Waals surface area contributed by atoms with Gasteiger partial charge in [0, 0.05) is 0 Å². The van der Waals surface area contributed by atoms with Crippen LogP contribution in [0.4, 0.5) is 9.59 Å². The summed E-state index contributed by atoms with van der Waals surface area (Å²) in [4.78, 5) is 72.2. The monoisotopic (exact) mass is 810 g/mol. The molecule has 2 saturated carbocycles. The maximum atomic E-state index is 14.0. The number of methoxy groups -OCH3 is 2. The molecule has 4 heterocycles. The van der Waals surface area contributed by atoms with Crippen LogP contribution in [0.15, 0.2) is 60.9 Å². The van der Waals surface area contributed by atoms with Gasteiger partial charge in [-0.3, -0.25) is 9.59 Å². The Morgan fingerprint density at radius 2 is 1.00 bits per heavy atom. The summed E-state index contributed by atoms with van der Waals surface area (Å²) in [5.74, 6) is 6.45. The molecular weight excluding hydrogens is 761 g/mol. The minimum Gasteiger partial charge on any atom is -0.453 e. The van der Waals surface area contributed by atoms with Crippen LogP contribution < -0.4 is 10.6 Å². The number of benzene rings is 2. The molecule has 4 fully saturated rings. The Balaban J connectivity index is 0.961. The number of hydrogen-bond donors (Lipinski definition) is 4. The smallest absolute Gasteiger partial charge is 0.407 e. The lowest BCUT2D eigenvalue weighted by molar-refractivity contribution is -0.137. The summed E-state index contributed by atoms with van der Waals surface area (Å²) in [6.07, 6.45) is 16.8. The lowest BCUT2D eigenvalue weighted by Crippen LogP contribution is -2.52. The van der Waals surface area contributed by atoms with Crippen molar-refractivity contribution in [1.29, 1.82) is 0 Å². The Morgan fingerprint density at radius 3 is 1.32 bits per heavy atom. The van der Waals surface area contributed by atoms with Crippen LogP contribution in [0.5, 0.6) is 0 Å². The molecule has 2 aromatic carbocycles. The Labute approximate surface area is 349 Å². The standard InChI is InChI=1S/C46H50N8O6/c1-9-45-19-33(53(35(45)21-45)41(55)37(25(3)4)51-43(57)59-7)39-47-23-31(49-39)29-15-11-27(12-16-29)28-13-17-30(18-14-28)32-24-48-40(50-32)34-20-46(10-2)22-36(46)54(34)42(56)38(26(5)6)52-44(58)60-8/h1-2,11-18,23-26,33-38H,19-22H2,3-8H3,(H,47,49)(H,48,50)(H,51,57)(H,52,58). The molecule has 0 bridgehead atoms. The lowest BCUT2D eigenvalue weighted by Gasteiger charge is -2.31. The molecule has 2 saturated heterocycles. The zero-order valence-electron chi connectivity index (χ0n) is 34.6. The van der Waals surface area contributed by atoms with Crippen LogP contribution in [0.3, 0.4) is 0 Å². The van der Waals surface area contributed by atoms with E-state index >= 15 is 0 Å². The molecule has 14 heteroatoms. The molecule has 2 aliphatic heterocycles. The number of likely N-dealkylation sites (tertiary alicyclic amines) is 2. The zero-order chi connectivity index (χ0) is 42.7. The molecule has 8 rings (SSSR count). The van der Waals surface area contributed by atoms with Gasteiger partial charge in [0.25, 0.3) is 0 Å². The predicted molar refractivity (Wildman–Crippen MR) is 223 cm³/mol. The first-order chi connectivity index (χ1) is 28.8. The molecule has 2 aliphatic carbocycles. The highest BCUT2D eigenvalue weighted by molar-refractivity contribution is 5.88. The minimum atomic E-state index is -0.767. The lowest BCUT2D eigenvalue weighted by atomic mass is 9.99.